The Kier molecular flexibility index (Phi) is 6.51. The summed E-state index contributed by atoms with van der Waals surface area (Å²) >= 11 is 5.90. The van der Waals surface area contributed by atoms with E-state index in [0.29, 0.717) is 22.0 Å². The van der Waals surface area contributed by atoms with E-state index >= 15 is 0 Å². The van der Waals surface area contributed by atoms with Crippen LogP contribution in [0, 0.1) is 0 Å². The summed E-state index contributed by atoms with van der Waals surface area (Å²) in [5, 5.41) is 0.541. The average molecular weight is 436 g/mol. The lowest BCUT2D eigenvalue weighted by Gasteiger charge is -2.27. The summed E-state index contributed by atoms with van der Waals surface area (Å²) in [5.74, 6) is 0.415. The summed E-state index contributed by atoms with van der Waals surface area (Å²) in [6, 6.07) is 11.7. The SMILES string of the molecule is CC(C)N(Cc1nccn1Cc1cccc(C(F)(F)F)c1)C(=O)c1ccc(Cl)cc1. The summed E-state index contributed by atoms with van der Waals surface area (Å²) in [7, 11) is 0. The fraction of sp³-hybridized carbons (Fsp3) is 0.273. The van der Waals surface area contributed by atoms with Crippen molar-refractivity contribution in [2.24, 2.45) is 0 Å². The number of imidazole rings is 1. The lowest BCUT2D eigenvalue weighted by Crippen LogP contribution is -2.37. The predicted molar refractivity (Wildman–Crippen MR) is 109 cm³/mol. The number of hydrogen-bond acceptors (Lipinski definition) is 2. The maximum Gasteiger partial charge on any atom is 0.416 e. The highest BCUT2D eigenvalue weighted by atomic mass is 35.5. The number of rotatable bonds is 6. The van der Waals surface area contributed by atoms with Crippen LogP contribution in [0.1, 0.15) is 41.2 Å². The monoisotopic (exact) mass is 435 g/mol. The van der Waals surface area contributed by atoms with Crippen LogP contribution in [0.25, 0.3) is 0 Å². The molecule has 0 fully saturated rings. The number of carbonyl (C=O) groups is 1. The van der Waals surface area contributed by atoms with Gasteiger partial charge in [-0.1, -0.05) is 23.7 Å². The zero-order chi connectivity index (χ0) is 21.9. The molecule has 8 heteroatoms. The number of hydrogen-bond donors (Lipinski definition) is 0. The van der Waals surface area contributed by atoms with E-state index in [0.717, 1.165) is 12.1 Å². The largest absolute Gasteiger partial charge is 0.416 e. The molecule has 0 aliphatic rings. The Bertz CT molecular complexity index is 1010. The van der Waals surface area contributed by atoms with Crippen molar-refractivity contribution in [3.05, 3.63) is 88.5 Å². The van der Waals surface area contributed by atoms with Crippen LogP contribution in [0.4, 0.5) is 13.2 Å². The van der Waals surface area contributed by atoms with Gasteiger partial charge in [0.2, 0.25) is 0 Å². The number of halogens is 4. The van der Waals surface area contributed by atoms with Gasteiger partial charge in [0.05, 0.1) is 12.1 Å². The number of alkyl halides is 3. The molecule has 4 nitrogen and oxygen atoms in total. The van der Waals surface area contributed by atoms with E-state index in [2.05, 4.69) is 4.98 Å². The Morgan fingerprint density at radius 1 is 1.17 bits per heavy atom. The van der Waals surface area contributed by atoms with Crippen LogP contribution in [0.5, 0.6) is 0 Å². The third-order valence-corrected chi connectivity index (χ3v) is 4.95. The molecule has 0 unspecified atom stereocenters. The van der Waals surface area contributed by atoms with Crippen molar-refractivity contribution in [2.75, 3.05) is 0 Å². The van der Waals surface area contributed by atoms with Crippen molar-refractivity contribution in [1.29, 1.82) is 0 Å². The van der Waals surface area contributed by atoms with E-state index in [9.17, 15) is 18.0 Å². The first-order valence-electron chi connectivity index (χ1n) is 9.38. The molecular formula is C22H21ClF3N3O. The zero-order valence-corrected chi connectivity index (χ0v) is 17.3. The maximum atomic E-state index is 13.0. The molecule has 30 heavy (non-hydrogen) atoms. The molecule has 0 N–H and O–H groups in total. The quantitative estimate of drug-likeness (QED) is 0.501. The van der Waals surface area contributed by atoms with Gasteiger partial charge in [0, 0.05) is 35.6 Å². The molecule has 0 saturated carbocycles. The first-order valence-corrected chi connectivity index (χ1v) is 9.75. The van der Waals surface area contributed by atoms with Crippen molar-refractivity contribution < 1.29 is 18.0 Å². The number of amides is 1. The first kappa shape index (κ1) is 21.9. The second kappa shape index (κ2) is 8.92. The van der Waals surface area contributed by atoms with Gasteiger partial charge in [-0.2, -0.15) is 13.2 Å². The van der Waals surface area contributed by atoms with E-state index < -0.39 is 11.7 Å². The van der Waals surface area contributed by atoms with Crippen molar-refractivity contribution >= 4 is 17.5 Å². The molecule has 2 aromatic carbocycles. The predicted octanol–water partition coefficient (Wildman–Crippen LogP) is 5.65. The summed E-state index contributed by atoms with van der Waals surface area (Å²) in [6.45, 7) is 4.24. The highest BCUT2D eigenvalue weighted by molar-refractivity contribution is 6.30. The van der Waals surface area contributed by atoms with Crippen LogP contribution in [0.3, 0.4) is 0 Å². The van der Waals surface area contributed by atoms with E-state index in [4.69, 9.17) is 11.6 Å². The third-order valence-electron chi connectivity index (χ3n) is 4.70. The van der Waals surface area contributed by atoms with Gasteiger partial charge in [0.25, 0.3) is 5.91 Å². The molecule has 0 spiro atoms. The number of benzene rings is 2. The normalized spacial score (nSPS) is 11.7. The van der Waals surface area contributed by atoms with Crippen LogP contribution < -0.4 is 0 Å². The van der Waals surface area contributed by atoms with Crippen LogP contribution in [0.2, 0.25) is 5.02 Å². The van der Waals surface area contributed by atoms with Gasteiger partial charge in [-0.05, 0) is 55.8 Å². The number of carbonyl (C=O) groups excluding carboxylic acids is 1. The number of aromatic nitrogens is 2. The van der Waals surface area contributed by atoms with Gasteiger partial charge >= 0.3 is 6.18 Å². The molecule has 0 bridgehead atoms. The fourth-order valence-corrected chi connectivity index (χ4v) is 3.20. The van der Waals surface area contributed by atoms with E-state index in [1.165, 1.54) is 6.07 Å². The molecule has 0 saturated heterocycles. The molecule has 0 radical (unpaired) electrons. The maximum absolute atomic E-state index is 13.0. The van der Waals surface area contributed by atoms with Crippen LogP contribution in [-0.4, -0.2) is 26.4 Å². The van der Waals surface area contributed by atoms with Crippen LogP contribution >= 0.6 is 11.6 Å². The fourth-order valence-electron chi connectivity index (χ4n) is 3.08. The van der Waals surface area contributed by atoms with E-state index in [1.54, 1.807) is 52.2 Å². The van der Waals surface area contributed by atoms with Crippen LogP contribution in [-0.2, 0) is 19.3 Å². The Balaban J connectivity index is 1.81. The van der Waals surface area contributed by atoms with E-state index in [1.807, 2.05) is 13.8 Å². The Morgan fingerprint density at radius 2 is 1.87 bits per heavy atom. The average Bonchev–Trinajstić information content (AvgIpc) is 3.12. The summed E-state index contributed by atoms with van der Waals surface area (Å²) in [5.41, 5.74) is 0.316. The van der Waals surface area contributed by atoms with Gasteiger partial charge in [-0.3, -0.25) is 4.79 Å². The first-order chi connectivity index (χ1) is 14.1. The minimum atomic E-state index is -4.40. The van der Waals surface area contributed by atoms with Crippen molar-refractivity contribution in [3.63, 3.8) is 0 Å². The van der Waals surface area contributed by atoms with Crippen LogP contribution in [0.15, 0.2) is 60.9 Å². The molecule has 3 aromatic rings. The smallest absolute Gasteiger partial charge is 0.329 e. The van der Waals surface area contributed by atoms with Crippen molar-refractivity contribution in [1.82, 2.24) is 14.5 Å². The standard InChI is InChI=1S/C22H21ClF3N3O/c1-15(2)29(21(30)17-6-8-19(23)9-7-17)14-20-27-10-11-28(20)13-16-4-3-5-18(12-16)22(24,25)26/h3-12,15H,13-14H2,1-2H3. The Morgan fingerprint density at radius 3 is 2.50 bits per heavy atom. The summed E-state index contributed by atoms with van der Waals surface area (Å²) in [6.07, 6.45) is -1.12. The minimum Gasteiger partial charge on any atom is -0.329 e. The molecule has 1 heterocycles. The molecular weight excluding hydrogens is 415 g/mol. The summed E-state index contributed by atoms with van der Waals surface area (Å²) in [4.78, 5) is 19.0. The van der Waals surface area contributed by atoms with Gasteiger partial charge in [0.1, 0.15) is 5.82 Å². The Labute approximate surface area is 177 Å². The Hall–Kier alpha value is -2.80. The molecule has 1 aromatic heterocycles. The molecule has 0 aliphatic carbocycles. The summed E-state index contributed by atoms with van der Waals surface area (Å²) < 4.78 is 40.7. The lowest BCUT2D eigenvalue weighted by atomic mass is 10.1. The highest BCUT2D eigenvalue weighted by Crippen LogP contribution is 2.29. The highest BCUT2D eigenvalue weighted by Gasteiger charge is 2.30. The molecule has 0 aliphatic heterocycles. The van der Waals surface area contributed by atoms with Crippen molar-refractivity contribution in [2.45, 2.75) is 39.2 Å². The van der Waals surface area contributed by atoms with Gasteiger partial charge in [-0.25, -0.2) is 4.98 Å². The number of nitrogens with zero attached hydrogens (tertiary/aromatic N) is 3. The minimum absolute atomic E-state index is 0.105. The van der Waals surface area contributed by atoms with E-state index in [-0.39, 0.29) is 25.0 Å². The molecule has 1 amide bonds. The van der Waals surface area contributed by atoms with Gasteiger partial charge in [-0.15, -0.1) is 0 Å². The van der Waals surface area contributed by atoms with Gasteiger partial charge in [0.15, 0.2) is 0 Å². The molecule has 0 atom stereocenters. The van der Waals surface area contributed by atoms with Crippen molar-refractivity contribution in [3.8, 4) is 0 Å². The third kappa shape index (κ3) is 5.21. The lowest BCUT2D eigenvalue weighted by molar-refractivity contribution is -0.137. The zero-order valence-electron chi connectivity index (χ0n) is 16.5. The van der Waals surface area contributed by atoms with Gasteiger partial charge < -0.3 is 9.47 Å². The topological polar surface area (TPSA) is 38.1 Å². The molecule has 3 rings (SSSR count). The second-order valence-corrected chi connectivity index (χ2v) is 7.64. The second-order valence-electron chi connectivity index (χ2n) is 7.20. The molecule has 158 valence electrons.